The van der Waals surface area contributed by atoms with Gasteiger partial charge in [0.25, 0.3) is 0 Å². The largest absolute Gasteiger partial charge is 0.444 e. The van der Waals surface area contributed by atoms with E-state index in [0.29, 0.717) is 105 Å². The molecule has 0 saturated heterocycles. The third kappa shape index (κ3) is 29.8. The zero-order chi connectivity index (χ0) is 71.2. The van der Waals surface area contributed by atoms with Gasteiger partial charge in [0.15, 0.2) is 29.2 Å². The number of benzene rings is 4. The molecular weight excluding hydrogens is 1240 g/mol. The number of anilines is 1. The zero-order valence-corrected chi connectivity index (χ0v) is 58.0. The number of hydrogen-bond acceptors (Lipinski definition) is 18. The first-order valence-electron chi connectivity index (χ1n) is 33.0. The van der Waals surface area contributed by atoms with Crippen LogP contribution in [0, 0.1) is 0 Å². The number of amides is 6. The van der Waals surface area contributed by atoms with Gasteiger partial charge in [-0.05, 0) is 150 Å². The minimum absolute atomic E-state index is 0.0697. The van der Waals surface area contributed by atoms with Crippen LogP contribution in [-0.4, -0.2) is 180 Å². The fourth-order valence-corrected chi connectivity index (χ4v) is 9.51. The van der Waals surface area contributed by atoms with Crippen LogP contribution in [0.3, 0.4) is 0 Å². The second-order valence-electron chi connectivity index (χ2n) is 26.3. The molecule has 4 aromatic rings. The molecule has 6 amide bonds. The molecule has 4 atom stereocenters. The number of carbonyl (C=O) groups is 8. The van der Waals surface area contributed by atoms with Gasteiger partial charge in [0.2, 0.25) is 0 Å². The van der Waals surface area contributed by atoms with Crippen molar-refractivity contribution in [2.24, 2.45) is 0 Å². The first kappa shape index (κ1) is 80.8. The number of urea groups is 2. The fraction of sp³-hybridized carbons (Fsp3) is 0.556. The molecule has 0 spiro atoms. The van der Waals surface area contributed by atoms with Crippen molar-refractivity contribution in [1.29, 1.82) is 0 Å². The van der Waals surface area contributed by atoms with Crippen molar-refractivity contribution in [3.05, 3.63) is 136 Å². The Morgan fingerprint density at radius 3 is 1.24 bits per heavy atom. The summed E-state index contributed by atoms with van der Waals surface area (Å²) in [5.41, 5.74) is -2.79. The Kier molecular flexibility index (Phi) is 33.2. The Bertz CT molecular complexity index is 3010. The van der Waals surface area contributed by atoms with Crippen molar-refractivity contribution >= 4 is 53.1 Å². The highest BCUT2D eigenvalue weighted by molar-refractivity contribution is 6.03. The van der Waals surface area contributed by atoms with Gasteiger partial charge >= 0.3 is 24.2 Å². The van der Waals surface area contributed by atoms with Gasteiger partial charge in [0.1, 0.15) is 29.0 Å². The van der Waals surface area contributed by atoms with Gasteiger partial charge in [0.05, 0.1) is 63.9 Å². The lowest BCUT2D eigenvalue weighted by molar-refractivity contribution is -0.0644. The molecule has 0 aliphatic rings. The molecule has 0 saturated carbocycles. The lowest BCUT2D eigenvalue weighted by atomic mass is 9.92. The van der Waals surface area contributed by atoms with E-state index in [1.807, 2.05) is 27.7 Å². The summed E-state index contributed by atoms with van der Waals surface area (Å²) in [6, 6.07) is 24.4. The predicted molar refractivity (Wildman–Crippen MR) is 364 cm³/mol. The molecule has 0 radical (unpaired) electrons. The number of alkyl carbamates (subject to hydrolysis) is 1. The second kappa shape index (κ2) is 39.5. The molecule has 4 unspecified atom stereocenters. The number of ether oxygens (including phenoxy) is 6. The highest BCUT2D eigenvalue weighted by Gasteiger charge is 2.30. The molecule has 4 rings (SSSR count). The number of Topliss-reactive ketones (excluding diaryl/α,β-unsaturated/α-hetero) is 4. The molecule has 0 aromatic heterocycles. The number of carbonyl (C=O) groups excluding carboxylic acids is 8. The Morgan fingerprint density at radius 2 is 0.802 bits per heavy atom. The minimum atomic E-state index is -1.57. The smallest absolute Gasteiger partial charge is 0.414 e. The van der Waals surface area contributed by atoms with Gasteiger partial charge in [-0.2, -0.15) is 0 Å². The number of aliphatic hydroxyl groups is 4. The summed E-state index contributed by atoms with van der Waals surface area (Å²) in [5.74, 6) is -1.82. The standard InChI is InChI=1S/C72H104N6O18/c1-48(76-65(83)73-37-17-13-14-19-39-75-67(85)96-60(53-25-29-56(30-26-53)62(80)70(7,8)88)54-27-31-57(32-28-54)63(81)71(9,10)89)43-91-41-42-92-45-50(3)94-46-51(4)93-44-49(2)77-66(84)74-38-18-15-16-20-40-78(59-35-33-58(34-36-59)64(82)72(11,12)90)68(86)95-47-52-21-23-55(24-22-52)61(79)69(5,6)87/h21-36,48-51,60,87-90H,13-20,37-47H2,1-12H3,(H,75,85)(H2,73,76,83)(H2,74,77,84). The van der Waals surface area contributed by atoms with Crippen LogP contribution in [0.25, 0.3) is 0 Å². The van der Waals surface area contributed by atoms with Crippen molar-refractivity contribution in [2.75, 3.05) is 70.7 Å². The van der Waals surface area contributed by atoms with E-state index in [0.717, 1.165) is 32.1 Å². The van der Waals surface area contributed by atoms with E-state index in [9.17, 15) is 58.8 Å². The van der Waals surface area contributed by atoms with E-state index in [-0.39, 0.29) is 67.3 Å². The Hall–Kier alpha value is -7.68. The predicted octanol–water partition coefficient (Wildman–Crippen LogP) is 9.50. The summed E-state index contributed by atoms with van der Waals surface area (Å²) in [5, 5.41) is 55.0. The lowest BCUT2D eigenvalue weighted by Crippen LogP contribution is -2.43. The highest BCUT2D eigenvalue weighted by Crippen LogP contribution is 2.29. The summed E-state index contributed by atoms with van der Waals surface area (Å²) in [6.45, 7) is 22.0. The average molecular weight is 1340 g/mol. The summed E-state index contributed by atoms with van der Waals surface area (Å²) in [6.07, 6.45) is 3.15. The molecule has 0 heterocycles. The molecule has 24 heteroatoms. The molecule has 96 heavy (non-hydrogen) atoms. The number of hydrogen-bond donors (Lipinski definition) is 9. The molecule has 530 valence electrons. The molecule has 9 N–H and O–H groups in total. The first-order chi connectivity index (χ1) is 45.1. The maximum absolute atomic E-state index is 13.5. The van der Waals surface area contributed by atoms with Crippen LogP contribution in [0.4, 0.5) is 24.9 Å². The molecule has 0 aliphatic carbocycles. The number of nitrogens with zero attached hydrogens (tertiary/aromatic N) is 1. The van der Waals surface area contributed by atoms with Crippen LogP contribution in [-0.2, 0) is 35.0 Å². The maximum Gasteiger partial charge on any atom is 0.414 e. The van der Waals surface area contributed by atoms with Gasteiger partial charge in [-0.3, -0.25) is 24.1 Å². The third-order valence-electron chi connectivity index (χ3n) is 15.0. The topological polar surface area (TPSA) is 336 Å². The molecule has 0 bridgehead atoms. The normalized spacial score (nSPS) is 13.2. The number of unbranched alkanes of at least 4 members (excludes halogenated alkanes) is 6. The third-order valence-corrected chi connectivity index (χ3v) is 15.0. The van der Waals surface area contributed by atoms with Crippen LogP contribution < -0.4 is 31.5 Å². The van der Waals surface area contributed by atoms with Gasteiger partial charge in [0, 0.05) is 54.1 Å². The molecule has 24 nitrogen and oxygen atoms in total. The first-order valence-corrected chi connectivity index (χ1v) is 33.0. The number of rotatable bonds is 43. The van der Waals surface area contributed by atoms with E-state index in [2.05, 4.69) is 26.6 Å². The van der Waals surface area contributed by atoms with Crippen molar-refractivity contribution in [3.8, 4) is 0 Å². The van der Waals surface area contributed by atoms with E-state index >= 15 is 0 Å². The summed E-state index contributed by atoms with van der Waals surface area (Å²) < 4.78 is 34.8. The van der Waals surface area contributed by atoms with Crippen LogP contribution in [0.5, 0.6) is 0 Å². The lowest BCUT2D eigenvalue weighted by Gasteiger charge is -2.23. The summed E-state index contributed by atoms with van der Waals surface area (Å²) >= 11 is 0. The Labute approximate surface area is 565 Å². The van der Waals surface area contributed by atoms with Crippen LogP contribution >= 0.6 is 0 Å². The highest BCUT2D eigenvalue weighted by atomic mass is 16.6. The molecule has 0 aliphatic heterocycles. The van der Waals surface area contributed by atoms with E-state index < -0.39 is 63.8 Å². The fourth-order valence-electron chi connectivity index (χ4n) is 9.51. The number of nitrogens with one attached hydrogen (secondary N) is 5. The zero-order valence-electron chi connectivity index (χ0n) is 58.0. The molecule has 0 fully saturated rings. The van der Waals surface area contributed by atoms with Gasteiger partial charge in [-0.25, -0.2) is 19.2 Å². The minimum Gasteiger partial charge on any atom is -0.444 e. The van der Waals surface area contributed by atoms with Gasteiger partial charge in [-0.15, -0.1) is 0 Å². The summed E-state index contributed by atoms with van der Waals surface area (Å²) in [4.78, 5) is 104. The SMILES string of the molecule is CC(COCCOCC(C)OCC(C)OCC(C)NC(=O)NCCCCCCN(C(=O)OCc1ccc(C(=O)C(C)(C)O)cc1)c1ccc(C(=O)C(C)(C)O)cc1)NC(=O)NCCCCCCNC(=O)OC(c1ccc(C(=O)C(C)(C)O)cc1)c1ccc(C(=O)C(C)(C)O)cc1. The average Bonchev–Trinajstić information content (AvgIpc) is 0.876. The Balaban J connectivity index is 1.01. The van der Waals surface area contributed by atoms with E-state index in [1.54, 1.807) is 97.1 Å². The number of ketones is 4. The maximum atomic E-state index is 13.5. The van der Waals surface area contributed by atoms with Crippen LogP contribution in [0.15, 0.2) is 97.1 Å². The van der Waals surface area contributed by atoms with Crippen LogP contribution in [0.1, 0.15) is 199 Å². The quantitative estimate of drug-likeness (QED) is 0.0147. The molecular formula is C72H104N6O18. The Morgan fingerprint density at radius 1 is 0.438 bits per heavy atom. The van der Waals surface area contributed by atoms with Crippen LogP contribution in [0.2, 0.25) is 0 Å². The van der Waals surface area contributed by atoms with Crippen molar-refractivity contribution in [3.63, 3.8) is 0 Å². The van der Waals surface area contributed by atoms with Gasteiger partial charge < -0.3 is 75.4 Å². The second-order valence-corrected chi connectivity index (χ2v) is 26.3. The molecule has 4 aromatic carbocycles. The van der Waals surface area contributed by atoms with Crippen molar-refractivity contribution in [1.82, 2.24) is 26.6 Å². The monoisotopic (exact) mass is 1340 g/mol. The van der Waals surface area contributed by atoms with E-state index in [4.69, 9.17) is 28.4 Å². The van der Waals surface area contributed by atoms with Crippen molar-refractivity contribution < 1.29 is 87.2 Å². The van der Waals surface area contributed by atoms with Crippen molar-refractivity contribution in [2.45, 2.75) is 194 Å². The van der Waals surface area contributed by atoms with Gasteiger partial charge in [-0.1, -0.05) is 98.5 Å². The van der Waals surface area contributed by atoms with E-state index in [1.165, 1.54) is 60.3 Å². The summed E-state index contributed by atoms with van der Waals surface area (Å²) in [7, 11) is 0.